The Labute approximate surface area is 107 Å². The maximum atomic E-state index is 5.75. The zero-order chi connectivity index (χ0) is 13.3. The molecule has 0 spiro atoms. The van der Waals surface area contributed by atoms with Crippen molar-refractivity contribution in [2.45, 2.75) is 27.3 Å². The minimum Gasteiger partial charge on any atom is -0.496 e. The SMILES string of the molecule is COc1c(C)cc(C)cc1-c1c(CN)n[nH]c1C. The van der Waals surface area contributed by atoms with Gasteiger partial charge in [0.25, 0.3) is 0 Å². The van der Waals surface area contributed by atoms with E-state index in [1.54, 1.807) is 7.11 Å². The summed E-state index contributed by atoms with van der Waals surface area (Å²) in [5, 5.41) is 7.23. The third kappa shape index (κ3) is 1.99. The van der Waals surface area contributed by atoms with Crippen LogP contribution in [-0.2, 0) is 6.54 Å². The van der Waals surface area contributed by atoms with Crippen LogP contribution in [0.25, 0.3) is 11.1 Å². The number of nitrogens with two attached hydrogens (primary N) is 1. The number of nitrogens with zero attached hydrogens (tertiary/aromatic N) is 1. The molecule has 96 valence electrons. The first-order valence-corrected chi connectivity index (χ1v) is 5.98. The molecule has 2 rings (SSSR count). The average Bonchev–Trinajstić information content (AvgIpc) is 2.69. The Bertz CT molecular complexity index is 573. The molecule has 0 aliphatic heterocycles. The molecule has 0 saturated heterocycles. The van der Waals surface area contributed by atoms with Crippen LogP contribution in [0.1, 0.15) is 22.5 Å². The highest BCUT2D eigenvalue weighted by atomic mass is 16.5. The van der Waals surface area contributed by atoms with Gasteiger partial charge in [-0.15, -0.1) is 0 Å². The Kier molecular flexibility index (Phi) is 3.39. The lowest BCUT2D eigenvalue weighted by molar-refractivity contribution is 0.413. The molecule has 3 N–H and O–H groups in total. The van der Waals surface area contributed by atoms with Crippen molar-refractivity contribution in [3.05, 3.63) is 34.6 Å². The standard InChI is InChI=1S/C14H19N3O/c1-8-5-9(2)14(18-4)11(6-8)13-10(3)16-17-12(13)7-15/h5-6H,7,15H2,1-4H3,(H,16,17). The molecule has 0 radical (unpaired) electrons. The summed E-state index contributed by atoms with van der Waals surface area (Å²) in [5.41, 5.74) is 12.1. The maximum Gasteiger partial charge on any atom is 0.129 e. The van der Waals surface area contributed by atoms with E-state index in [2.05, 4.69) is 29.3 Å². The van der Waals surface area contributed by atoms with Crippen molar-refractivity contribution in [3.63, 3.8) is 0 Å². The molecule has 0 unspecified atom stereocenters. The fourth-order valence-corrected chi connectivity index (χ4v) is 2.40. The summed E-state index contributed by atoms with van der Waals surface area (Å²) in [5.74, 6) is 0.889. The highest BCUT2D eigenvalue weighted by Gasteiger charge is 2.17. The summed E-state index contributed by atoms with van der Waals surface area (Å²) in [6.07, 6.45) is 0. The van der Waals surface area contributed by atoms with Gasteiger partial charge in [0, 0.05) is 23.4 Å². The lowest BCUT2D eigenvalue weighted by atomic mass is 9.97. The van der Waals surface area contributed by atoms with Gasteiger partial charge in [-0.2, -0.15) is 5.10 Å². The first-order valence-electron chi connectivity index (χ1n) is 5.98. The van der Waals surface area contributed by atoms with Gasteiger partial charge in [0.1, 0.15) is 5.75 Å². The van der Waals surface area contributed by atoms with E-state index in [1.807, 2.05) is 13.8 Å². The number of H-pyrrole nitrogens is 1. The Morgan fingerprint density at radius 2 is 2.00 bits per heavy atom. The molecule has 0 saturated carbocycles. The lowest BCUT2D eigenvalue weighted by Crippen LogP contribution is -2.00. The average molecular weight is 245 g/mol. The monoisotopic (exact) mass is 245 g/mol. The van der Waals surface area contributed by atoms with Crippen molar-refractivity contribution < 1.29 is 4.74 Å². The third-order valence-electron chi connectivity index (χ3n) is 3.11. The topological polar surface area (TPSA) is 63.9 Å². The Morgan fingerprint density at radius 1 is 1.28 bits per heavy atom. The highest BCUT2D eigenvalue weighted by molar-refractivity contribution is 5.76. The second-order valence-corrected chi connectivity index (χ2v) is 4.54. The smallest absolute Gasteiger partial charge is 0.129 e. The Hall–Kier alpha value is -1.81. The predicted molar refractivity (Wildman–Crippen MR) is 72.7 cm³/mol. The molecule has 1 aromatic carbocycles. The normalized spacial score (nSPS) is 10.7. The van der Waals surface area contributed by atoms with Gasteiger partial charge in [-0.1, -0.05) is 6.07 Å². The molecule has 4 nitrogen and oxygen atoms in total. The van der Waals surface area contributed by atoms with Gasteiger partial charge in [0.15, 0.2) is 0 Å². The van der Waals surface area contributed by atoms with Crippen LogP contribution in [0.4, 0.5) is 0 Å². The number of rotatable bonds is 3. The van der Waals surface area contributed by atoms with Gasteiger partial charge < -0.3 is 10.5 Å². The molecule has 4 heteroatoms. The Morgan fingerprint density at radius 3 is 2.61 bits per heavy atom. The van der Waals surface area contributed by atoms with E-state index in [-0.39, 0.29) is 0 Å². The molecular weight excluding hydrogens is 226 g/mol. The van der Waals surface area contributed by atoms with Gasteiger partial charge in [-0.25, -0.2) is 0 Å². The van der Waals surface area contributed by atoms with Gasteiger partial charge in [-0.05, 0) is 38.0 Å². The van der Waals surface area contributed by atoms with E-state index < -0.39 is 0 Å². The van der Waals surface area contributed by atoms with Crippen LogP contribution in [0.5, 0.6) is 5.75 Å². The summed E-state index contributed by atoms with van der Waals surface area (Å²) >= 11 is 0. The summed E-state index contributed by atoms with van der Waals surface area (Å²) in [6, 6.07) is 4.22. The molecular formula is C14H19N3O. The molecule has 0 bridgehead atoms. The number of aromatic nitrogens is 2. The number of hydrogen-bond donors (Lipinski definition) is 2. The summed E-state index contributed by atoms with van der Waals surface area (Å²) in [4.78, 5) is 0. The van der Waals surface area contributed by atoms with Crippen LogP contribution in [0, 0.1) is 20.8 Å². The molecule has 0 aliphatic rings. The zero-order valence-electron chi connectivity index (χ0n) is 11.3. The highest BCUT2D eigenvalue weighted by Crippen LogP contribution is 2.36. The minimum absolute atomic E-state index is 0.413. The summed E-state index contributed by atoms with van der Waals surface area (Å²) < 4.78 is 5.53. The fourth-order valence-electron chi connectivity index (χ4n) is 2.40. The van der Waals surface area contributed by atoms with Crippen LogP contribution in [-0.4, -0.2) is 17.3 Å². The predicted octanol–water partition coefficient (Wildman–Crippen LogP) is 2.47. The number of aryl methyl sites for hydroxylation is 3. The van der Waals surface area contributed by atoms with E-state index >= 15 is 0 Å². The second kappa shape index (κ2) is 4.82. The number of methoxy groups -OCH3 is 1. The second-order valence-electron chi connectivity index (χ2n) is 4.54. The summed E-state index contributed by atoms with van der Waals surface area (Å²) in [6.45, 7) is 6.54. The molecule has 2 aromatic rings. The molecule has 18 heavy (non-hydrogen) atoms. The number of nitrogens with one attached hydrogen (secondary N) is 1. The molecule has 0 atom stereocenters. The van der Waals surface area contributed by atoms with Crippen molar-refractivity contribution in [1.29, 1.82) is 0 Å². The molecule has 0 aliphatic carbocycles. The van der Waals surface area contributed by atoms with Crippen molar-refractivity contribution in [2.24, 2.45) is 5.73 Å². The first kappa shape index (κ1) is 12.6. The van der Waals surface area contributed by atoms with Gasteiger partial charge in [-0.3, -0.25) is 5.10 Å². The van der Waals surface area contributed by atoms with E-state index in [1.165, 1.54) is 5.56 Å². The first-order chi connectivity index (χ1) is 8.58. The molecule has 1 aromatic heterocycles. The van der Waals surface area contributed by atoms with Gasteiger partial charge in [0.05, 0.1) is 12.8 Å². The van der Waals surface area contributed by atoms with Crippen molar-refractivity contribution in [2.75, 3.05) is 7.11 Å². The van der Waals surface area contributed by atoms with Crippen molar-refractivity contribution in [3.8, 4) is 16.9 Å². The number of ether oxygens (including phenoxy) is 1. The Balaban J connectivity index is 2.73. The molecule has 0 fully saturated rings. The van der Waals surface area contributed by atoms with Crippen molar-refractivity contribution >= 4 is 0 Å². The van der Waals surface area contributed by atoms with E-state index in [9.17, 15) is 0 Å². The summed E-state index contributed by atoms with van der Waals surface area (Å²) in [7, 11) is 1.69. The van der Waals surface area contributed by atoms with Crippen LogP contribution < -0.4 is 10.5 Å². The quantitative estimate of drug-likeness (QED) is 0.873. The fraction of sp³-hybridized carbons (Fsp3) is 0.357. The zero-order valence-corrected chi connectivity index (χ0v) is 11.3. The lowest BCUT2D eigenvalue weighted by Gasteiger charge is -2.13. The van der Waals surface area contributed by atoms with Crippen LogP contribution >= 0.6 is 0 Å². The minimum atomic E-state index is 0.413. The number of aromatic amines is 1. The van der Waals surface area contributed by atoms with Crippen LogP contribution in [0.3, 0.4) is 0 Å². The van der Waals surface area contributed by atoms with E-state index in [4.69, 9.17) is 10.5 Å². The van der Waals surface area contributed by atoms with E-state index in [0.29, 0.717) is 6.54 Å². The maximum absolute atomic E-state index is 5.75. The van der Waals surface area contributed by atoms with Gasteiger partial charge >= 0.3 is 0 Å². The van der Waals surface area contributed by atoms with Crippen LogP contribution in [0.2, 0.25) is 0 Å². The molecule has 0 amide bonds. The van der Waals surface area contributed by atoms with Crippen molar-refractivity contribution in [1.82, 2.24) is 10.2 Å². The van der Waals surface area contributed by atoms with Crippen LogP contribution in [0.15, 0.2) is 12.1 Å². The largest absolute Gasteiger partial charge is 0.496 e. The van der Waals surface area contributed by atoms with E-state index in [0.717, 1.165) is 33.8 Å². The third-order valence-corrected chi connectivity index (χ3v) is 3.11. The number of benzene rings is 1. The van der Waals surface area contributed by atoms with Gasteiger partial charge in [0.2, 0.25) is 0 Å². The number of hydrogen-bond acceptors (Lipinski definition) is 3. The molecule has 1 heterocycles.